The third kappa shape index (κ3) is 3.99. The monoisotopic (exact) mass is 348 g/mol. The minimum Gasteiger partial charge on any atom is -0.332 e. The largest absolute Gasteiger partial charge is 0.332 e. The van der Waals surface area contributed by atoms with E-state index in [0.29, 0.717) is 19.5 Å². The molecule has 0 N–H and O–H groups in total. The van der Waals surface area contributed by atoms with Gasteiger partial charge in [-0.25, -0.2) is 0 Å². The number of carbonyl (C=O) groups excluding carboxylic acids is 4. The molecule has 0 aromatic carbocycles. The summed E-state index contributed by atoms with van der Waals surface area (Å²) in [6.45, 7) is 11.7. The van der Waals surface area contributed by atoms with Crippen LogP contribution in [0, 0.1) is 5.41 Å². The summed E-state index contributed by atoms with van der Waals surface area (Å²) in [5.74, 6) is -0.443. The zero-order valence-corrected chi connectivity index (χ0v) is 15.6. The Bertz CT molecular complexity index is 623. The van der Waals surface area contributed by atoms with Crippen LogP contribution in [0.4, 0.5) is 0 Å². The molecule has 2 amide bonds. The third-order valence-corrected chi connectivity index (χ3v) is 5.39. The molecule has 2 aliphatic rings. The van der Waals surface area contributed by atoms with E-state index in [1.165, 1.54) is 18.7 Å². The zero-order valence-electron chi connectivity index (χ0n) is 15.6. The highest BCUT2D eigenvalue weighted by Gasteiger charge is 2.45. The van der Waals surface area contributed by atoms with E-state index < -0.39 is 12.1 Å². The molecule has 2 aliphatic heterocycles. The molecule has 6 heteroatoms. The molecule has 25 heavy (non-hydrogen) atoms. The van der Waals surface area contributed by atoms with E-state index in [2.05, 4.69) is 6.58 Å². The van der Waals surface area contributed by atoms with Crippen LogP contribution in [0.3, 0.4) is 0 Å². The molecule has 2 atom stereocenters. The van der Waals surface area contributed by atoms with Gasteiger partial charge in [-0.3, -0.25) is 19.2 Å². The van der Waals surface area contributed by atoms with E-state index in [1.807, 2.05) is 13.8 Å². The molecule has 2 heterocycles. The third-order valence-electron chi connectivity index (χ3n) is 5.39. The number of nitrogens with zero attached hydrogens (tertiary/aromatic N) is 2. The van der Waals surface area contributed by atoms with Crippen molar-refractivity contribution in [3.8, 4) is 0 Å². The van der Waals surface area contributed by atoms with E-state index >= 15 is 0 Å². The van der Waals surface area contributed by atoms with E-state index in [-0.39, 0.29) is 41.6 Å². The molecule has 0 saturated carbocycles. The summed E-state index contributed by atoms with van der Waals surface area (Å²) in [6, 6.07) is -0.929. The number of hydrogen-bond donors (Lipinski definition) is 0. The number of hydrogen-bond acceptors (Lipinski definition) is 4. The van der Waals surface area contributed by atoms with Crippen molar-refractivity contribution in [3.63, 3.8) is 0 Å². The molecule has 6 nitrogen and oxygen atoms in total. The fourth-order valence-electron chi connectivity index (χ4n) is 3.98. The van der Waals surface area contributed by atoms with Crippen molar-refractivity contribution in [2.24, 2.45) is 5.41 Å². The molecule has 0 bridgehead atoms. The Balaban J connectivity index is 2.01. The average molecular weight is 348 g/mol. The summed E-state index contributed by atoms with van der Waals surface area (Å²) in [7, 11) is 0. The molecular weight excluding hydrogens is 320 g/mol. The van der Waals surface area contributed by atoms with Crippen LogP contribution in [0.15, 0.2) is 12.2 Å². The van der Waals surface area contributed by atoms with Gasteiger partial charge in [0.25, 0.3) is 0 Å². The standard InChI is InChI=1S/C19H28N2O4/c1-12-10-15(13(2)22)21(11-12)17(25)7-6-16(24)18-19(4,5)8-9-20(18)14(3)23/h15,18H,1,6-11H2,2-5H3/t15?,18-/m1/s1. The first-order valence-corrected chi connectivity index (χ1v) is 8.81. The van der Waals surface area contributed by atoms with Crippen LogP contribution >= 0.6 is 0 Å². The van der Waals surface area contributed by atoms with Crippen LogP contribution in [0.2, 0.25) is 0 Å². The first kappa shape index (κ1) is 19.3. The summed E-state index contributed by atoms with van der Waals surface area (Å²) in [5.41, 5.74) is 0.579. The lowest BCUT2D eigenvalue weighted by atomic mass is 9.81. The quantitative estimate of drug-likeness (QED) is 0.709. The summed E-state index contributed by atoms with van der Waals surface area (Å²) < 4.78 is 0. The first-order chi connectivity index (χ1) is 11.5. The van der Waals surface area contributed by atoms with Crippen LogP contribution in [-0.4, -0.2) is 58.4 Å². The Morgan fingerprint density at radius 3 is 2.32 bits per heavy atom. The van der Waals surface area contributed by atoms with E-state index in [9.17, 15) is 19.2 Å². The molecule has 2 fully saturated rings. The predicted octanol–water partition coefficient (Wildman–Crippen LogP) is 1.73. The molecule has 2 rings (SSSR count). The molecule has 0 aromatic rings. The molecule has 1 unspecified atom stereocenters. The van der Waals surface area contributed by atoms with Gasteiger partial charge in [0, 0.05) is 32.9 Å². The van der Waals surface area contributed by atoms with Crippen LogP contribution in [0.5, 0.6) is 0 Å². The minimum absolute atomic E-state index is 0.0574. The molecular formula is C19H28N2O4. The molecule has 0 aliphatic carbocycles. The Hall–Kier alpha value is -1.98. The number of Topliss-reactive ketones (excluding diaryl/α,β-unsaturated/α-hetero) is 2. The number of ketones is 2. The van der Waals surface area contributed by atoms with Crippen molar-refractivity contribution >= 4 is 23.4 Å². The highest BCUT2D eigenvalue weighted by molar-refractivity contribution is 5.94. The molecule has 2 saturated heterocycles. The Morgan fingerprint density at radius 1 is 1.12 bits per heavy atom. The van der Waals surface area contributed by atoms with Gasteiger partial charge in [-0.1, -0.05) is 26.0 Å². The number of carbonyl (C=O) groups is 4. The Morgan fingerprint density at radius 2 is 1.76 bits per heavy atom. The van der Waals surface area contributed by atoms with Gasteiger partial charge < -0.3 is 9.80 Å². The van der Waals surface area contributed by atoms with Crippen molar-refractivity contribution in [2.45, 2.75) is 65.5 Å². The van der Waals surface area contributed by atoms with Gasteiger partial charge in [-0.2, -0.15) is 0 Å². The van der Waals surface area contributed by atoms with Crippen molar-refractivity contribution < 1.29 is 19.2 Å². The highest BCUT2D eigenvalue weighted by atomic mass is 16.2. The number of amides is 2. The van der Waals surface area contributed by atoms with Gasteiger partial charge in [-0.15, -0.1) is 0 Å². The van der Waals surface area contributed by atoms with Crippen molar-refractivity contribution in [1.82, 2.24) is 9.80 Å². The van der Waals surface area contributed by atoms with Gasteiger partial charge in [0.2, 0.25) is 11.8 Å². The maximum atomic E-state index is 12.7. The van der Waals surface area contributed by atoms with Crippen LogP contribution in [0.25, 0.3) is 0 Å². The number of rotatable bonds is 5. The van der Waals surface area contributed by atoms with E-state index in [1.54, 1.807) is 4.90 Å². The van der Waals surface area contributed by atoms with E-state index in [4.69, 9.17) is 0 Å². The molecule has 0 spiro atoms. The lowest BCUT2D eigenvalue weighted by Gasteiger charge is -2.31. The van der Waals surface area contributed by atoms with Crippen LogP contribution in [0.1, 0.15) is 53.4 Å². The fraction of sp³-hybridized carbons (Fsp3) is 0.684. The topological polar surface area (TPSA) is 74.8 Å². The van der Waals surface area contributed by atoms with Gasteiger partial charge in [-0.05, 0) is 25.2 Å². The number of likely N-dealkylation sites (tertiary alicyclic amines) is 2. The lowest BCUT2D eigenvalue weighted by Crippen LogP contribution is -2.46. The first-order valence-electron chi connectivity index (χ1n) is 8.81. The predicted molar refractivity (Wildman–Crippen MR) is 93.8 cm³/mol. The van der Waals surface area contributed by atoms with Gasteiger partial charge in [0.05, 0.1) is 12.1 Å². The summed E-state index contributed by atoms with van der Waals surface area (Å²) in [5, 5.41) is 0. The van der Waals surface area contributed by atoms with Crippen molar-refractivity contribution in [2.75, 3.05) is 13.1 Å². The fourth-order valence-corrected chi connectivity index (χ4v) is 3.98. The summed E-state index contributed by atoms with van der Waals surface area (Å²) in [6.07, 6.45) is 1.43. The second-order valence-corrected chi connectivity index (χ2v) is 7.92. The molecule has 138 valence electrons. The Labute approximate surface area is 149 Å². The van der Waals surface area contributed by atoms with E-state index in [0.717, 1.165) is 12.0 Å². The van der Waals surface area contributed by atoms with Gasteiger partial charge >= 0.3 is 0 Å². The summed E-state index contributed by atoms with van der Waals surface area (Å²) >= 11 is 0. The van der Waals surface area contributed by atoms with Crippen molar-refractivity contribution in [1.29, 1.82) is 0 Å². The van der Waals surface area contributed by atoms with Crippen molar-refractivity contribution in [3.05, 3.63) is 12.2 Å². The van der Waals surface area contributed by atoms with Crippen LogP contribution in [-0.2, 0) is 19.2 Å². The molecule has 0 aromatic heterocycles. The maximum absolute atomic E-state index is 12.7. The second-order valence-electron chi connectivity index (χ2n) is 7.92. The molecule has 0 radical (unpaired) electrons. The maximum Gasteiger partial charge on any atom is 0.223 e. The Kier molecular flexibility index (Phi) is 5.49. The average Bonchev–Trinajstić information content (AvgIpc) is 3.04. The van der Waals surface area contributed by atoms with Crippen LogP contribution < -0.4 is 0 Å². The highest BCUT2D eigenvalue weighted by Crippen LogP contribution is 2.37. The summed E-state index contributed by atoms with van der Waals surface area (Å²) in [4.78, 5) is 51.9. The minimum atomic E-state index is -0.477. The second kappa shape index (κ2) is 7.10. The normalized spacial score (nSPS) is 25.4. The SMILES string of the molecule is C=C1CC(C(C)=O)N(C(=O)CCC(=O)[C@H]2N(C(C)=O)CCC2(C)C)C1. The zero-order chi connectivity index (χ0) is 18.9. The van der Waals surface area contributed by atoms with Gasteiger partial charge in [0.15, 0.2) is 11.6 Å². The van der Waals surface area contributed by atoms with Gasteiger partial charge in [0.1, 0.15) is 0 Å². The smallest absolute Gasteiger partial charge is 0.223 e. The lowest BCUT2D eigenvalue weighted by molar-refractivity contribution is -0.140.